The number of amides is 1. The monoisotopic (exact) mass is 212 g/mol. The van der Waals surface area contributed by atoms with E-state index in [-0.39, 0.29) is 5.91 Å². The third-order valence-corrected chi connectivity index (χ3v) is 2.46. The Morgan fingerprint density at radius 2 is 2.20 bits per heavy atom. The van der Waals surface area contributed by atoms with Gasteiger partial charge in [0.15, 0.2) is 0 Å². The van der Waals surface area contributed by atoms with Crippen molar-refractivity contribution in [2.45, 2.75) is 26.8 Å². The number of carbonyl (C=O) groups excluding carboxylic acids is 1. The molecule has 4 nitrogen and oxygen atoms in total. The standard InChI is InChI=1S/C11H20N2O2/c1-4-13(9-6-15-7-9)10(11(12)14)5-8(2)3/h5,8-9H,4,6-7H2,1-3H3,(H2,12,14). The Labute approximate surface area is 91.1 Å². The fourth-order valence-corrected chi connectivity index (χ4v) is 1.66. The second kappa shape index (κ2) is 5.16. The van der Waals surface area contributed by atoms with E-state index in [0.29, 0.717) is 30.9 Å². The van der Waals surface area contributed by atoms with Crippen molar-refractivity contribution in [1.82, 2.24) is 4.90 Å². The lowest BCUT2D eigenvalue weighted by atomic mass is 10.1. The first-order valence-electron chi connectivity index (χ1n) is 5.42. The summed E-state index contributed by atoms with van der Waals surface area (Å²) < 4.78 is 5.13. The third-order valence-electron chi connectivity index (χ3n) is 2.46. The van der Waals surface area contributed by atoms with Gasteiger partial charge in [-0.05, 0) is 12.8 Å². The van der Waals surface area contributed by atoms with Crippen LogP contribution in [0, 0.1) is 5.92 Å². The average Bonchev–Trinajstić information content (AvgIpc) is 2.06. The van der Waals surface area contributed by atoms with Crippen molar-refractivity contribution >= 4 is 5.91 Å². The molecule has 1 saturated heterocycles. The van der Waals surface area contributed by atoms with E-state index in [1.807, 2.05) is 31.7 Å². The van der Waals surface area contributed by atoms with E-state index in [1.165, 1.54) is 0 Å². The fourth-order valence-electron chi connectivity index (χ4n) is 1.66. The van der Waals surface area contributed by atoms with Crippen LogP contribution < -0.4 is 5.73 Å². The molecule has 2 N–H and O–H groups in total. The predicted octanol–water partition coefficient (Wildman–Crippen LogP) is 0.732. The van der Waals surface area contributed by atoms with Crippen LogP contribution in [-0.4, -0.2) is 36.6 Å². The number of nitrogens with two attached hydrogens (primary N) is 1. The lowest BCUT2D eigenvalue weighted by molar-refractivity contribution is -0.118. The Hall–Kier alpha value is -1.03. The van der Waals surface area contributed by atoms with Gasteiger partial charge in [-0.1, -0.05) is 19.9 Å². The van der Waals surface area contributed by atoms with Crippen molar-refractivity contribution in [3.8, 4) is 0 Å². The van der Waals surface area contributed by atoms with Crippen LogP contribution in [0.25, 0.3) is 0 Å². The quantitative estimate of drug-likeness (QED) is 0.684. The SMILES string of the molecule is CCN(C(=CC(C)C)C(N)=O)C1COC1. The summed E-state index contributed by atoms with van der Waals surface area (Å²) in [5, 5.41) is 0. The number of hydrogen-bond acceptors (Lipinski definition) is 3. The second-order valence-corrected chi connectivity index (χ2v) is 4.14. The summed E-state index contributed by atoms with van der Waals surface area (Å²) in [6.45, 7) is 8.26. The van der Waals surface area contributed by atoms with Crippen molar-refractivity contribution < 1.29 is 9.53 Å². The molecule has 4 heteroatoms. The highest BCUT2D eigenvalue weighted by molar-refractivity contribution is 5.91. The van der Waals surface area contributed by atoms with Gasteiger partial charge in [0.2, 0.25) is 0 Å². The molecular weight excluding hydrogens is 192 g/mol. The minimum atomic E-state index is -0.350. The number of primary amides is 1. The van der Waals surface area contributed by atoms with Gasteiger partial charge >= 0.3 is 0 Å². The summed E-state index contributed by atoms with van der Waals surface area (Å²) in [6, 6.07) is 0.312. The Morgan fingerprint density at radius 3 is 2.47 bits per heavy atom. The molecule has 0 aromatic rings. The molecule has 0 aromatic carbocycles. The van der Waals surface area contributed by atoms with Gasteiger partial charge in [-0.3, -0.25) is 4.79 Å². The van der Waals surface area contributed by atoms with Crippen LogP contribution in [0.15, 0.2) is 11.8 Å². The van der Waals surface area contributed by atoms with Gasteiger partial charge in [-0.2, -0.15) is 0 Å². The summed E-state index contributed by atoms with van der Waals surface area (Å²) in [6.07, 6.45) is 1.92. The molecular formula is C11H20N2O2. The molecule has 0 aromatic heterocycles. The van der Waals surface area contributed by atoms with Gasteiger partial charge in [0.25, 0.3) is 5.91 Å². The normalized spacial score (nSPS) is 17.7. The zero-order valence-corrected chi connectivity index (χ0v) is 9.69. The van der Waals surface area contributed by atoms with Gasteiger partial charge in [-0.15, -0.1) is 0 Å². The van der Waals surface area contributed by atoms with Crippen molar-refractivity contribution in [3.05, 3.63) is 11.8 Å². The number of nitrogens with zero attached hydrogens (tertiary/aromatic N) is 1. The number of carbonyl (C=O) groups is 1. The number of rotatable bonds is 5. The number of likely N-dealkylation sites (N-methyl/N-ethyl adjacent to an activating group) is 1. The summed E-state index contributed by atoms with van der Waals surface area (Å²) in [7, 11) is 0. The van der Waals surface area contributed by atoms with Crippen molar-refractivity contribution in [3.63, 3.8) is 0 Å². The summed E-state index contributed by atoms with van der Waals surface area (Å²) in [4.78, 5) is 13.4. The number of allylic oxidation sites excluding steroid dienone is 1. The fraction of sp³-hybridized carbons (Fsp3) is 0.727. The highest BCUT2D eigenvalue weighted by Gasteiger charge is 2.28. The third kappa shape index (κ3) is 2.96. The van der Waals surface area contributed by atoms with E-state index >= 15 is 0 Å². The molecule has 0 saturated carbocycles. The first-order valence-corrected chi connectivity index (χ1v) is 5.42. The predicted molar refractivity (Wildman–Crippen MR) is 59.1 cm³/mol. The van der Waals surface area contributed by atoms with Crippen LogP contribution in [0.5, 0.6) is 0 Å². The van der Waals surface area contributed by atoms with Gasteiger partial charge in [0, 0.05) is 6.54 Å². The molecule has 86 valence electrons. The Kier molecular flexibility index (Phi) is 4.15. The molecule has 1 aliphatic rings. The van der Waals surface area contributed by atoms with Crippen LogP contribution in [0.3, 0.4) is 0 Å². The van der Waals surface area contributed by atoms with Gasteiger partial charge in [-0.25, -0.2) is 0 Å². The summed E-state index contributed by atoms with van der Waals surface area (Å²) in [5.74, 6) is -0.0278. The molecule has 0 unspecified atom stereocenters. The Morgan fingerprint density at radius 1 is 1.60 bits per heavy atom. The highest BCUT2D eigenvalue weighted by atomic mass is 16.5. The molecule has 15 heavy (non-hydrogen) atoms. The van der Waals surface area contributed by atoms with E-state index in [4.69, 9.17) is 10.5 Å². The van der Waals surface area contributed by atoms with E-state index in [9.17, 15) is 4.79 Å². The second-order valence-electron chi connectivity index (χ2n) is 4.14. The van der Waals surface area contributed by atoms with Crippen molar-refractivity contribution in [2.24, 2.45) is 11.7 Å². The molecule has 0 atom stereocenters. The lowest BCUT2D eigenvalue weighted by Gasteiger charge is -2.38. The first-order chi connectivity index (χ1) is 7.06. The van der Waals surface area contributed by atoms with Gasteiger partial charge in [0.1, 0.15) is 0 Å². The maximum atomic E-state index is 11.4. The Balaban J connectivity index is 2.80. The lowest BCUT2D eigenvalue weighted by Crippen LogP contribution is -2.50. The maximum Gasteiger partial charge on any atom is 0.264 e. The summed E-state index contributed by atoms with van der Waals surface area (Å²) in [5.41, 5.74) is 6.01. The van der Waals surface area contributed by atoms with Crippen LogP contribution in [0.1, 0.15) is 20.8 Å². The van der Waals surface area contributed by atoms with Gasteiger partial charge in [0.05, 0.1) is 25.0 Å². The zero-order chi connectivity index (χ0) is 11.4. The highest BCUT2D eigenvalue weighted by Crippen LogP contribution is 2.17. The van der Waals surface area contributed by atoms with Crippen LogP contribution in [-0.2, 0) is 9.53 Å². The zero-order valence-electron chi connectivity index (χ0n) is 9.69. The Bertz CT molecular complexity index is 257. The van der Waals surface area contributed by atoms with Crippen LogP contribution in [0.2, 0.25) is 0 Å². The van der Waals surface area contributed by atoms with Crippen LogP contribution >= 0.6 is 0 Å². The molecule has 0 radical (unpaired) electrons. The molecule has 1 heterocycles. The van der Waals surface area contributed by atoms with E-state index in [2.05, 4.69) is 0 Å². The largest absolute Gasteiger partial charge is 0.377 e. The first kappa shape index (κ1) is 12.0. The topological polar surface area (TPSA) is 55.6 Å². The van der Waals surface area contributed by atoms with E-state index in [1.54, 1.807) is 0 Å². The van der Waals surface area contributed by atoms with Gasteiger partial charge < -0.3 is 15.4 Å². The molecule has 1 aliphatic heterocycles. The average molecular weight is 212 g/mol. The smallest absolute Gasteiger partial charge is 0.264 e. The summed E-state index contributed by atoms with van der Waals surface area (Å²) >= 11 is 0. The minimum Gasteiger partial charge on any atom is -0.377 e. The minimum absolute atomic E-state index is 0.312. The molecule has 0 spiro atoms. The molecule has 1 rings (SSSR count). The molecule has 1 amide bonds. The number of hydrogen-bond donors (Lipinski definition) is 1. The van der Waals surface area contributed by atoms with Crippen molar-refractivity contribution in [1.29, 1.82) is 0 Å². The van der Waals surface area contributed by atoms with Crippen molar-refractivity contribution in [2.75, 3.05) is 19.8 Å². The molecule has 1 fully saturated rings. The number of ether oxygens (including phenoxy) is 1. The molecule has 0 bridgehead atoms. The maximum absolute atomic E-state index is 11.4. The van der Waals surface area contributed by atoms with Crippen LogP contribution in [0.4, 0.5) is 0 Å². The van der Waals surface area contributed by atoms with E-state index in [0.717, 1.165) is 6.54 Å². The van der Waals surface area contributed by atoms with E-state index < -0.39 is 0 Å². The molecule has 0 aliphatic carbocycles.